The summed E-state index contributed by atoms with van der Waals surface area (Å²) in [6.07, 6.45) is 1.90. The van der Waals surface area contributed by atoms with Gasteiger partial charge in [-0.3, -0.25) is 14.4 Å². The Morgan fingerprint density at radius 2 is 1.90 bits per heavy atom. The fourth-order valence-electron chi connectivity index (χ4n) is 5.01. The molecule has 4 rings (SSSR count). The maximum atomic E-state index is 13.2. The van der Waals surface area contributed by atoms with Gasteiger partial charge in [-0.15, -0.1) is 0 Å². The Balaban J connectivity index is 1.54. The molecule has 0 radical (unpaired) electrons. The molecular weight excluding hydrogens is 384 g/mol. The molecule has 0 saturated carbocycles. The smallest absolute Gasteiger partial charge is 0.263 e. The van der Waals surface area contributed by atoms with Gasteiger partial charge in [0, 0.05) is 57.5 Å². The molecule has 2 fully saturated rings. The first-order valence-electron chi connectivity index (χ1n) is 11.0. The molecule has 2 bridgehead atoms. The lowest BCUT2D eigenvalue weighted by molar-refractivity contribution is -0.138. The maximum absolute atomic E-state index is 13.2. The molecule has 0 aliphatic carbocycles. The van der Waals surface area contributed by atoms with Gasteiger partial charge in [0.05, 0.1) is 0 Å². The van der Waals surface area contributed by atoms with Gasteiger partial charge in [0.15, 0.2) is 0 Å². The third-order valence-electron chi connectivity index (χ3n) is 6.62. The number of piperidine rings is 1. The van der Waals surface area contributed by atoms with E-state index in [0.29, 0.717) is 39.3 Å². The molecule has 8 heteroatoms. The van der Waals surface area contributed by atoms with Crippen molar-refractivity contribution < 1.29 is 14.3 Å². The largest absolute Gasteiger partial charge is 0.372 e. The maximum Gasteiger partial charge on any atom is 0.263 e. The van der Waals surface area contributed by atoms with E-state index >= 15 is 0 Å². The zero-order chi connectivity index (χ0) is 21.3. The van der Waals surface area contributed by atoms with E-state index in [1.165, 1.54) is 0 Å². The number of likely N-dealkylation sites (tertiary alicyclic amines) is 1. The van der Waals surface area contributed by atoms with Gasteiger partial charge in [-0.2, -0.15) is 0 Å². The number of aromatic nitrogens is 1. The Morgan fingerprint density at radius 3 is 2.70 bits per heavy atom. The van der Waals surface area contributed by atoms with Crippen LogP contribution in [0.3, 0.4) is 0 Å². The molecule has 2 saturated heterocycles. The van der Waals surface area contributed by atoms with Crippen molar-refractivity contribution in [2.75, 3.05) is 59.5 Å². The summed E-state index contributed by atoms with van der Waals surface area (Å²) in [5.41, 5.74) is 1.03. The van der Waals surface area contributed by atoms with Gasteiger partial charge in [-0.25, -0.2) is 0 Å². The minimum absolute atomic E-state index is 0.0141. The van der Waals surface area contributed by atoms with Gasteiger partial charge >= 0.3 is 0 Å². The topological polar surface area (TPSA) is 75.1 Å². The van der Waals surface area contributed by atoms with Crippen molar-refractivity contribution in [3.8, 4) is 0 Å². The number of fused-ring (bicyclic) bond motifs is 4. The summed E-state index contributed by atoms with van der Waals surface area (Å²) in [6, 6.07) is 3.63. The number of ether oxygens (including phenoxy) is 1. The molecule has 2 atom stereocenters. The van der Waals surface area contributed by atoms with Gasteiger partial charge in [0.1, 0.15) is 12.2 Å². The average Bonchev–Trinajstić information content (AvgIpc) is 2.96. The van der Waals surface area contributed by atoms with Crippen LogP contribution in [0, 0.1) is 5.92 Å². The van der Waals surface area contributed by atoms with E-state index in [1.807, 2.05) is 22.8 Å². The summed E-state index contributed by atoms with van der Waals surface area (Å²) in [6.45, 7) is 7.46. The predicted molar refractivity (Wildman–Crippen MR) is 113 cm³/mol. The lowest BCUT2D eigenvalue weighted by Gasteiger charge is -2.42. The minimum atomic E-state index is -0.182. The standard InChI is InChI=1S/C22H32N4O4/c1-3-30-15-20(27)25-12-16-11-17(14-25)19-6-5-18(22(29)26(19)13-16)21(28)24-8-4-7-23(2)9-10-24/h5-6,16-17H,3-4,7-15H2,1-2H3/t16-,17+/m0/s1. The van der Waals surface area contributed by atoms with E-state index in [9.17, 15) is 14.4 Å². The first-order chi connectivity index (χ1) is 14.5. The number of likely N-dealkylation sites (N-methyl/N-ethyl adjacent to an activating group) is 1. The monoisotopic (exact) mass is 416 g/mol. The van der Waals surface area contributed by atoms with Crippen LogP contribution >= 0.6 is 0 Å². The predicted octanol–water partition coefficient (Wildman–Crippen LogP) is 0.608. The molecule has 3 aliphatic rings. The van der Waals surface area contributed by atoms with Gasteiger partial charge in [0.25, 0.3) is 11.5 Å². The zero-order valence-electron chi connectivity index (χ0n) is 18.0. The molecule has 164 valence electrons. The molecule has 4 heterocycles. The molecule has 3 aliphatic heterocycles. The number of amides is 2. The van der Waals surface area contributed by atoms with Crippen LogP contribution in [0.1, 0.15) is 41.7 Å². The second kappa shape index (κ2) is 8.89. The number of carbonyl (C=O) groups excluding carboxylic acids is 2. The number of pyridine rings is 1. The van der Waals surface area contributed by atoms with E-state index in [2.05, 4.69) is 11.9 Å². The van der Waals surface area contributed by atoms with Crippen LogP contribution in [0.5, 0.6) is 0 Å². The quantitative estimate of drug-likeness (QED) is 0.719. The lowest BCUT2D eigenvalue weighted by Crippen LogP contribution is -2.50. The molecule has 0 spiro atoms. The molecule has 0 N–H and O–H groups in total. The van der Waals surface area contributed by atoms with Crippen molar-refractivity contribution in [1.82, 2.24) is 19.3 Å². The Labute approximate surface area is 177 Å². The fraction of sp³-hybridized carbons (Fsp3) is 0.682. The average molecular weight is 417 g/mol. The normalized spacial score (nSPS) is 24.3. The second-order valence-corrected chi connectivity index (χ2v) is 8.77. The summed E-state index contributed by atoms with van der Waals surface area (Å²) in [5.74, 6) is 0.221. The molecule has 0 unspecified atom stereocenters. The van der Waals surface area contributed by atoms with Crippen molar-refractivity contribution in [2.45, 2.75) is 32.2 Å². The van der Waals surface area contributed by atoms with Crippen molar-refractivity contribution in [1.29, 1.82) is 0 Å². The van der Waals surface area contributed by atoms with Crippen LogP contribution in [0.2, 0.25) is 0 Å². The van der Waals surface area contributed by atoms with Crippen molar-refractivity contribution in [3.05, 3.63) is 33.7 Å². The number of nitrogens with zero attached hydrogens (tertiary/aromatic N) is 4. The molecule has 30 heavy (non-hydrogen) atoms. The highest BCUT2D eigenvalue weighted by atomic mass is 16.5. The van der Waals surface area contributed by atoms with E-state index in [4.69, 9.17) is 4.74 Å². The van der Waals surface area contributed by atoms with Crippen molar-refractivity contribution in [3.63, 3.8) is 0 Å². The SMILES string of the molecule is CCOCC(=O)N1C[C@@H]2C[C@H](C1)c1ccc(C(=O)N3CCCN(C)CC3)c(=O)n1C2. The number of hydrogen-bond donors (Lipinski definition) is 0. The van der Waals surface area contributed by atoms with E-state index in [1.54, 1.807) is 10.6 Å². The highest BCUT2D eigenvalue weighted by Gasteiger charge is 2.37. The third kappa shape index (κ3) is 4.16. The molecule has 1 aromatic rings. The van der Waals surface area contributed by atoms with Crippen molar-refractivity contribution in [2.24, 2.45) is 5.92 Å². The van der Waals surface area contributed by atoms with Gasteiger partial charge in [-0.05, 0) is 51.4 Å². The van der Waals surface area contributed by atoms with Crippen LogP contribution in [-0.4, -0.2) is 90.6 Å². The summed E-state index contributed by atoms with van der Waals surface area (Å²) in [7, 11) is 2.06. The molecule has 0 aromatic carbocycles. The minimum Gasteiger partial charge on any atom is -0.372 e. The van der Waals surface area contributed by atoms with Crippen LogP contribution in [0.25, 0.3) is 0 Å². The fourth-order valence-corrected chi connectivity index (χ4v) is 5.01. The van der Waals surface area contributed by atoms with Crippen LogP contribution in [0.15, 0.2) is 16.9 Å². The summed E-state index contributed by atoms with van der Waals surface area (Å²) >= 11 is 0. The summed E-state index contributed by atoms with van der Waals surface area (Å²) < 4.78 is 7.07. The van der Waals surface area contributed by atoms with Crippen LogP contribution in [0.4, 0.5) is 0 Å². The number of rotatable bonds is 4. The molecule has 1 aromatic heterocycles. The summed E-state index contributed by atoms with van der Waals surface area (Å²) in [4.78, 5) is 44.6. The van der Waals surface area contributed by atoms with E-state index < -0.39 is 0 Å². The summed E-state index contributed by atoms with van der Waals surface area (Å²) in [5, 5.41) is 0. The zero-order valence-corrected chi connectivity index (χ0v) is 18.0. The number of hydrogen-bond acceptors (Lipinski definition) is 5. The Kier molecular flexibility index (Phi) is 6.24. The molecular formula is C22H32N4O4. The first kappa shape index (κ1) is 21.1. The van der Waals surface area contributed by atoms with Gasteiger partial charge in [0.2, 0.25) is 5.91 Å². The highest BCUT2D eigenvalue weighted by Crippen LogP contribution is 2.35. The molecule has 8 nitrogen and oxygen atoms in total. The Morgan fingerprint density at radius 1 is 1.07 bits per heavy atom. The van der Waals surface area contributed by atoms with Gasteiger partial charge in [-0.1, -0.05) is 0 Å². The highest BCUT2D eigenvalue weighted by molar-refractivity contribution is 5.94. The second-order valence-electron chi connectivity index (χ2n) is 8.77. The van der Waals surface area contributed by atoms with E-state index in [-0.39, 0.29) is 41.4 Å². The molecule has 2 amide bonds. The third-order valence-corrected chi connectivity index (χ3v) is 6.62. The Bertz CT molecular complexity index is 867. The van der Waals surface area contributed by atoms with E-state index in [0.717, 1.165) is 31.6 Å². The first-order valence-corrected chi connectivity index (χ1v) is 11.0. The van der Waals surface area contributed by atoms with Crippen molar-refractivity contribution >= 4 is 11.8 Å². The number of carbonyl (C=O) groups is 2. The Hall–Kier alpha value is -2.19. The van der Waals surface area contributed by atoms with Crippen LogP contribution < -0.4 is 5.56 Å². The van der Waals surface area contributed by atoms with Gasteiger partial charge < -0.3 is 24.0 Å². The van der Waals surface area contributed by atoms with Crippen LogP contribution in [-0.2, 0) is 16.1 Å². The lowest BCUT2D eigenvalue weighted by atomic mass is 9.83.